The number of esters is 1. The highest BCUT2D eigenvalue weighted by Gasteiger charge is 2.36. The van der Waals surface area contributed by atoms with E-state index in [1.165, 1.54) is 18.2 Å². The first-order valence-electron chi connectivity index (χ1n) is 8.95. The van der Waals surface area contributed by atoms with Gasteiger partial charge in [-0.1, -0.05) is 28.1 Å². The molecule has 2 aromatic rings. The summed E-state index contributed by atoms with van der Waals surface area (Å²) >= 11 is 4.11. The van der Waals surface area contributed by atoms with Crippen LogP contribution in [0.25, 0.3) is 6.08 Å². The number of hydrogen-bond donors (Lipinski definition) is 0. The molecule has 1 aliphatic heterocycles. The van der Waals surface area contributed by atoms with Gasteiger partial charge in [0.25, 0.3) is 11.1 Å². The number of nitrogens with zero attached hydrogens (tertiary/aromatic N) is 1. The number of imide groups is 1. The molecule has 2 amide bonds. The average Bonchev–Trinajstić information content (AvgIpc) is 2.95. The molecule has 0 N–H and O–H groups in total. The molecule has 0 atom stereocenters. The van der Waals surface area contributed by atoms with E-state index in [1.54, 1.807) is 37.3 Å². The Morgan fingerprint density at radius 1 is 1.23 bits per heavy atom. The minimum Gasteiger partial charge on any atom is -0.488 e. The van der Waals surface area contributed by atoms with Crippen molar-refractivity contribution in [2.24, 2.45) is 0 Å². The summed E-state index contributed by atoms with van der Waals surface area (Å²) in [6.45, 7) is 1.50. The van der Waals surface area contributed by atoms with Crippen molar-refractivity contribution in [2.75, 3.05) is 13.2 Å². The summed E-state index contributed by atoms with van der Waals surface area (Å²) in [5, 5.41) is -0.545. The summed E-state index contributed by atoms with van der Waals surface area (Å²) < 4.78 is 24.7. The largest absolute Gasteiger partial charge is 0.488 e. The van der Waals surface area contributed by atoms with Gasteiger partial charge in [-0.25, -0.2) is 4.39 Å². The highest BCUT2D eigenvalue weighted by atomic mass is 79.9. The Morgan fingerprint density at radius 3 is 2.77 bits per heavy atom. The van der Waals surface area contributed by atoms with Gasteiger partial charge in [-0.3, -0.25) is 19.3 Å². The molecule has 1 heterocycles. The Morgan fingerprint density at radius 2 is 2.03 bits per heavy atom. The van der Waals surface area contributed by atoms with Crippen LogP contribution in [0.3, 0.4) is 0 Å². The molecule has 0 radical (unpaired) electrons. The Balaban J connectivity index is 1.80. The Labute approximate surface area is 185 Å². The van der Waals surface area contributed by atoms with Gasteiger partial charge in [0.15, 0.2) is 0 Å². The molecule has 1 saturated heterocycles. The first-order chi connectivity index (χ1) is 14.4. The monoisotopic (exact) mass is 493 g/mol. The lowest BCUT2D eigenvalue weighted by Gasteiger charge is -2.11. The van der Waals surface area contributed by atoms with Gasteiger partial charge in [-0.15, -0.1) is 0 Å². The molecule has 0 spiro atoms. The molecule has 0 saturated carbocycles. The predicted molar refractivity (Wildman–Crippen MR) is 114 cm³/mol. The van der Waals surface area contributed by atoms with Crippen LogP contribution in [0, 0.1) is 5.82 Å². The third-order valence-electron chi connectivity index (χ3n) is 4.01. The van der Waals surface area contributed by atoms with Gasteiger partial charge in [-0.05, 0) is 60.7 Å². The number of thioether (sulfide) groups is 1. The van der Waals surface area contributed by atoms with E-state index in [1.807, 2.05) is 0 Å². The fourth-order valence-electron chi connectivity index (χ4n) is 2.66. The van der Waals surface area contributed by atoms with Crippen LogP contribution >= 0.6 is 27.7 Å². The van der Waals surface area contributed by atoms with E-state index in [-0.39, 0.29) is 23.9 Å². The third kappa shape index (κ3) is 5.48. The zero-order chi connectivity index (χ0) is 21.7. The summed E-state index contributed by atoms with van der Waals surface area (Å²) in [6, 6.07) is 11.3. The van der Waals surface area contributed by atoms with Gasteiger partial charge < -0.3 is 9.47 Å². The normalized spacial score (nSPS) is 15.0. The van der Waals surface area contributed by atoms with Crippen molar-refractivity contribution in [3.8, 4) is 5.75 Å². The predicted octanol–water partition coefficient (Wildman–Crippen LogP) is 4.77. The van der Waals surface area contributed by atoms with Crippen LogP contribution in [0.15, 0.2) is 51.8 Å². The number of benzene rings is 2. The fraction of sp³-hybridized carbons (Fsp3) is 0.190. The molecule has 156 valence electrons. The molecule has 30 heavy (non-hydrogen) atoms. The van der Waals surface area contributed by atoms with Crippen molar-refractivity contribution in [2.45, 2.75) is 13.5 Å². The fourth-order valence-corrected chi connectivity index (χ4v) is 3.87. The van der Waals surface area contributed by atoms with Crippen molar-refractivity contribution in [3.63, 3.8) is 0 Å². The van der Waals surface area contributed by atoms with Gasteiger partial charge in [0.1, 0.15) is 24.7 Å². The van der Waals surface area contributed by atoms with Crippen LogP contribution in [-0.4, -0.2) is 35.2 Å². The zero-order valence-electron chi connectivity index (χ0n) is 15.9. The molecule has 0 aromatic heterocycles. The molecular weight excluding hydrogens is 477 g/mol. The van der Waals surface area contributed by atoms with Crippen LogP contribution < -0.4 is 4.74 Å². The second kappa shape index (κ2) is 9.90. The van der Waals surface area contributed by atoms with Gasteiger partial charge in [0.05, 0.1) is 11.5 Å². The molecule has 6 nitrogen and oxygen atoms in total. The first kappa shape index (κ1) is 22.0. The maximum absolute atomic E-state index is 13.4. The van der Waals surface area contributed by atoms with Crippen molar-refractivity contribution >= 4 is 50.9 Å². The molecule has 0 unspecified atom stereocenters. The maximum atomic E-state index is 13.4. The molecule has 1 fully saturated rings. The second-order valence-corrected chi connectivity index (χ2v) is 8.08. The van der Waals surface area contributed by atoms with Gasteiger partial charge >= 0.3 is 5.97 Å². The third-order valence-corrected chi connectivity index (χ3v) is 5.41. The highest BCUT2D eigenvalue weighted by Crippen LogP contribution is 2.35. The topological polar surface area (TPSA) is 72.9 Å². The smallest absolute Gasteiger partial charge is 0.326 e. The maximum Gasteiger partial charge on any atom is 0.326 e. The summed E-state index contributed by atoms with van der Waals surface area (Å²) in [5.41, 5.74) is 1.21. The minimum absolute atomic E-state index is 0.130. The number of rotatable bonds is 7. The number of amides is 2. The van der Waals surface area contributed by atoms with Gasteiger partial charge in [-0.2, -0.15) is 0 Å². The number of hydrogen-bond acceptors (Lipinski definition) is 6. The van der Waals surface area contributed by atoms with Crippen molar-refractivity contribution in [3.05, 3.63) is 68.8 Å². The van der Waals surface area contributed by atoms with E-state index in [9.17, 15) is 18.8 Å². The minimum atomic E-state index is -0.650. The standard InChI is InChI=1S/C21H17BrFNO5S/c1-2-28-19(25)11-24-20(26)18(30-21(24)27)10-14-9-15(22)6-7-17(14)29-12-13-4-3-5-16(23)8-13/h3-10H,2,11-12H2,1H3/b18-10+. The lowest BCUT2D eigenvalue weighted by atomic mass is 10.1. The first-order valence-corrected chi connectivity index (χ1v) is 10.6. The number of ether oxygens (including phenoxy) is 2. The van der Waals surface area contributed by atoms with Crippen LogP contribution in [0.5, 0.6) is 5.75 Å². The molecular formula is C21H17BrFNO5S. The number of halogens is 2. The number of carbonyl (C=O) groups is 3. The van der Waals surface area contributed by atoms with E-state index in [0.717, 1.165) is 21.1 Å². The lowest BCUT2D eigenvalue weighted by Crippen LogP contribution is -2.34. The van der Waals surface area contributed by atoms with E-state index in [2.05, 4.69) is 15.9 Å². The van der Waals surface area contributed by atoms with Crippen LogP contribution in [0.4, 0.5) is 9.18 Å². The summed E-state index contributed by atoms with van der Waals surface area (Å²) in [5.74, 6) is -1.13. The Kier molecular flexibility index (Phi) is 7.28. The Bertz CT molecular complexity index is 1030. The highest BCUT2D eigenvalue weighted by molar-refractivity contribution is 9.10. The Hall–Kier alpha value is -2.65. The van der Waals surface area contributed by atoms with Crippen molar-refractivity contribution in [1.29, 1.82) is 0 Å². The molecule has 9 heteroatoms. The summed E-state index contributed by atoms with van der Waals surface area (Å²) in [4.78, 5) is 37.4. The van der Waals surface area contributed by atoms with Crippen molar-refractivity contribution in [1.82, 2.24) is 4.90 Å². The SMILES string of the molecule is CCOC(=O)CN1C(=O)S/C(=C/c2cc(Br)ccc2OCc2cccc(F)c2)C1=O. The molecule has 0 aliphatic carbocycles. The van der Waals surface area contributed by atoms with E-state index < -0.39 is 23.7 Å². The van der Waals surface area contributed by atoms with E-state index in [4.69, 9.17) is 9.47 Å². The van der Waals surface area contributed by atoms with E-state index in [0.29, 0.717) is 16.9 Å². The zero-order valence-corrected chi connectivity index (χ0v) is 18.3. The van der Waals surface area contributed by atoms with E-state index >= 15 is 0 Å². The second-order valence-electron chi connectivity index (χ2n) is 6.17. The molecule has 1 aliphatic rings. The van der Waals surface area contributed by atoms with Gasteiger partial charge in [0.2, 0.25) is 0 Å². The van der Waals surface area contributed by atoms with Crippen LogP contribution in [-0.2, 0) is 20.9 Å². The average molecular weight is 494 g/mol. The number of carbonyl (C=O) groups excluding carboxylic acids is 3. The summed E-state index contributed by atoms with van der Waals surface area (Å²) in [6.07, 6.45) is 1.53. The van der Waals surface area contributed by atoms with Gasteiger partial charge in [0, 0.05) is 10.0 Å². The molecule has 3 rings (SSSR count). The molecule has 0 bridgehead atoms. The van der Waals surface area contributed by atoms with Crippen LogP contribution in [0.2, 0.25) is 0 Å². The van der Waals surface area contributed by atoms with Crippen LogP contribution in [0.1, 0.15) is 18.1 Å². The summed E-state index contributed by atoms with van der Waals surface area (Å²) in [7, 11) is 0. The van der Waals surface area contributed by atoms with Crippen molar-refractivity contribution < 1.29 is 28.2 Å². The lowest BCUT2D eigenvalue weighted by molar-refractivity contribution is -0.145. The quantitative estimate of drug-likeness (QED) is 0.408. The molecule has 2 aromatic carbocycles.